The van der Waals surface area contributed by atoms with Gasteiger partial charge in [0.05, 0.1) is 7.11 Å². The van der Waals surface area contributed by atoms with Gasteiger partial charge in [-0.05, 0) is 42.3 Å². The molecule has 0 aliphatic rings. The van der Waals surface area contributed by atoms with Gasteiger partial charge in [-0.25, -0.2) is 12.7 Å². The van der Waals surface area contributed by atoms with Crippen molar-refractivity contribution >= 4 is 27.5 Å². The largest absolute Gasteiger partial charge is 0.495 e. The highest BCUT2D eigenvalue weighted by Crippen LogP contribution is 2.26. The van der Waals surface area contributed by atoms with E-state index in [1.54, 1.807) is 12.1 Å². The molecule has 0 atom stereocenters. The molecule has 0 aromatic heterocycles. The van der Waals surface area contributed by atoms with Crippen LogP contribution in [0.15, 0.2) is 47.4 Å². The number of rotatable bonds is 7. The van der Waals surface area contributed by atoms with E-state index in [2.05, 4.69) is 5.32 Å². The van der Waals surface area contributed by atoms with Crippen LogP contribution in [0.3, 0.4) is 0 Å². The first-order valence-corrected chi connectivity index (χ1v) is 9.70. The Kier molecular flexibility index (Phi) is 6.63. The van der Waals surface area contributed by atoms with E-state index < -0.39 is 10.0 Å². The van der Waals surface area contributed by atoms with E-state index in [1.807, 2.05) is 12.1 Å². The van der Waals surface area contributed by atoms with Crippen LogP contribution in [0.4, 0.5) is 0 Å². The predicted molar refractivity (Wildman–Crippen MR) is 101 cm³/mol. The number of methoxy groups -OCH3 is 1. The normalized spacial score (nSPS) is 11.4. The fourth-order valence-corrected chi connectivity index (χ4v) is 3.49. The molecular weight excluding hydrogens is 376 g/mol. The molecule has 140 valence electrons. The third-order valence-electron chi connectivity index (χ3n) is 3.80. The molecule has 26 heavy (non-hydrogen) atoms. The van der Waals surface area contributed by atoms with Gasteiger partial charge >= 0.3 is 0 Å². The summed E-state index contributed by atoms with van der Waals surface area (Å²) in [5.74, 6) is -0.159. The summed E-state index contributed by atoms with van der Waals surface area (Å²) in [5, 5.41) is 3.44. The number of amides is 1. The zero-order chi connectivity index (χ0) is 19.3. The molecule has 0 unspecified atom stereocenters. The molecule has 0 radical (unpaired) electrons. The highest BCUT2D eigenvalue weighted by molar-refractivity contribution is 7.89. The summed E-state index contributed by atoms with van der Waals surface area (Å²) in [4.78, 5) is 12.3. The minimum atomic E-state index is -3.73. The van der Waals surface area contributed by atoms with E-state index >= 15 is 0 Å². The molecule has 6 nitrogen and oxygen atoms in total. The summed E-state index contributed by atoms with van der Waals surface area (Å²) >= 11 is 5.84. The summed E-state index contributed by atoms with van der Waals surface area (Å²) in [7, 11) is 0.506. The van der Waals surface area contributed by atoms with Gasteiger partial charge in [0.2, 0.25) is 10.0 Å². The monoisotopic (exact) mass is 396 g/mol. The molecule has 0 saturated heterocycles. The first-order valence-electron chi connectivity index (χ1n) is 7.89. The Morgan fingerprint density at radius 3 is 2.38 bits per heavy atom. The van der Waals surface area contributed by atoms with Crippen molar-refractivity contribution < 1.29 is 17.9 Å². The number of hydrogen-bond donors (Lipinski definition) is 1. The second-order valence-corrected chi connectivity index (χ2v) is 8.34. The van der Waals surface area contributed by atoms with Gasteiger partial charge in [0.15, 0.2) is 0 Å². The van der Waals surface area contributed by atoms with E-state index in [9.17, 15) is 13.2 Å². The van der Waals surface area contributed by atoms with Gasteiger partial charge < -0.3 is 10.1 Å². The zero-order valence-corrected chi connectivity index (χ0v) is 16.4. The third-order valence-corrected chi connectivity index (χ3v) is 5.89. The number of halogens is 1. The smallest absolute Gasteiger partial charge is 0.251 e. The molecule has 1 amide bonds. The van der Waals surface area contributed by atoms with Crippen molar-refractivity contribution in [3.05, 3.63) is 58.6 Å². The number of carbonyl (C=O) groups excluding carboxylic acids is 1. The van der Waals surface area contributed by atoms with Gasteiger partial charge in [-0.2, -0.15) is 0 Å². The summed E-state index contributed by atoms with van der Waals surface area (Å²) in [6.07, 6.45) is 0.641. The van der Waals surface area contributed by atoms with Crippen LogP contribution in [0.2, 0.25) is 5.02 Å². The molecule has 2 aromatic rings. The van der Waals surface area contributed by atoms with Gasteiger partial charge in [0.1, 0.15) is 10.6 Å². The number of ether oxygens (including phenoxy) is 1. The minimum Gasteiger partial charge on any atom is -0.495 e. The highest BCUT2D eigenvalue weighted by atomic mass is 35.5. The van der Waals surface area contributed by atoms with E-state index in [0.29, 0.717) is 18.0 Å². The molecule has 0 spiro atoms. The number of benzene rings is 2. The molecule has 0 saturated carbocycles. The van der Waals surface area contributed by atoms with Gasteiger partial charge in [0.25, 0.3) is 5.91 Å². The van der Waals surface area contributed by atoms with Crippen LogP contribution < -0.4 is 10.1 Å². The maximum absolute atomic E-state index is 12.4. The topological polar surface area (TPSA) is 75.7 Å². The van der Waals surface area contributed by atoms with Crippen LogP contribution in [-0.2, 0) is 16.4 Å². The minimum absolute atomic E-state index is 0.0460. The Balaban J connectivity index is 2.12. The van der Waals surface area contributed by atoms with Crippen LogP contribution in [-0.4, -0.2) is 46.4 Å². The Morgan fingerprint density at radius 1 is 1.15 bits per heavy atom. The number of nitrogens with one attached hydrogen (secondary N) is 1. The lowest BCUT2D eigenvalue weighted by atomic mass is 10.1. The first kappa shape index (κ1) is 20.2. The summed E-state index contributed by atoms with van der Waals surface area (Å²) in [6.45, 7) is 0.419. The molecule has 0 heterocycles. The second-order valence-electron chi connectivity index (χ2n) is 5.79. The van der Waals surface area contributed by atoms with Gasteiger partial charge in [-0.1, -0.05) is 23.7 Å². The number of carbonyl (C=O) groups is 1. The lowest BCUT2D eigenvalue weighted by Gasteiger charge is -2.15. The lowest BCUT2D eigenvalue weighted by molar-refractivity contribution is 0.0954. The van der Waals surface area contributed by atoms with E-state index in [4.69, 9.17) is 16.3 Å². The quantitative estimate of drug-likeness (QED) is 0.780. The Bertz CT molecular complexity index is 881. The Morgan fingerprint density at radius 2 is 1.81 bits per heavy atom. The SMILES string of the molecule is COc1ccc(C(=O)NCCc2ccc(Cl)cc2)cc1S(=O)(=O)N(C)C. The molecule has 1 N–H and O–H groups in total. The molecule has 0 aliphatic heterocycles. The van der Waals surface area contributed by atoms with Crippen molar-refractivity contribution in [1.82, 2.24) is 9.62 Å². The van der Waals surface area contributed by atoms with Crippen molar-refractivity contribution in [2.24, 2.45) is 0 Å². The molecule has 2 aromatic carbocycles. The maximum atomic E-state index is 12.4. The standard InChI is InChI=1S/C18H21ClN2O4S/c1-21(2)26(23,24)17-12-14(6-9-16(17)25-3)18(22)20-11-10-13-4-7-15(19)8-5-13/h4-9,12H,10-11H2,1-3H3,(H,20,22). The summed E-state index contributed by atoms with van der Waals surface area (Å²) in [6, 6.07) is 11.7. The van der Waals surface area contributed by atoms with Crippen molar-refractivity contribution in [3.8, 4) is 5.75 Å². The van der Waals surface area contributed by atoms with Crippen LogP contribution >= 0.6 is 11.6 Å². The lowest BCUT2D eigenvalue weighted by Crippen LogP contribution is -2.27. The third kappa shape index (κ3) is 4.75. The summed E-state index contributed by atoms with van der Waals surface area (Å²) in [5.41, 5.74) is 1.29. The average molecular weight is 397 g/mol. The van der Waals surface area contributed by atoms with Crippen molar-refractivity contribution in [1.29, 1.82) is 0 Å². The number of hydrogen-bond acceptors (Lipinski definition) is 4. The number of sulfonamides is 1. The van der Waals surface area contributed by atoms with Gasteiger partial charge in [0, 0.05) is 31.2 Å². The second kappa shape index (κ2) is 8.53. The molecular formula is C18H21ClN2O4S. The summed E-state index contributed by atoms with van der Waals surface area (Å²) < 4.78 is 31.0. The average Bonchev–Trinajstić information content (AvgIpc) is 2.62. The molecule has 8 heteroatoms. The van der Waals surface area contributed by atoms with Crippen molar-refractivity contribution in [2.75, 3.05) is 27.7 Å². The maximum Gasteiger partial charge on any atom is 0.251 e. The van der Waals surface area contributed by atoms with Crippen LogP contribution in [0.1, 0.15) is 15.9 Å². The van der Waals surface area contributed by atoms with Gasteiger partial charge in [-0.3, -0.25) is 4.79 Å². The fourth-order valence-electron chi connectivity index (χ4n) is 2.29. The first-order chi connectivity index (χ1) is 12.3. The van der Waals surface area contributed by atoms with E-state index in [0.717, 1.165) is 9.87 Å². The van der Waals surface area contributed by atoms with Crippen molar-refractivity contribution in [2.45, 2.75) is 11.3 Å². The molecule has 0 aliphatic carbocycles. The zero-order valence-electron chi connectivity index (χ0n) is 14.8. The van der Waals surface area contributed by atoms with Crippen LogP contribution in [0.5, 0.6) is 5.75 Å². The molecule has 0 fully saturated rings. The highest BCUT2D eigenvalue weighted by Gasteiger charge is 2.23. The van der Waals surface area contributed by atoms with Crippen LogP contribution in [0, 0.1) is 0 Å². The molecule has 2 rings (SSSR count). The fraction of sp³-hybridized carbons (Fsp3) is 0.278. The Hall–Kier alpha value is -2.09. The number of nitrogens with zero attached hydrogens (tertiary/aromatic N) is 1. The molecule has 0 bridgehead atoms. The Labute approximate surface area is 158 Å². The van der Waals surface area contributed by atoms with Gasteiger partial charge in [-0.15, -0.1) is 0 Å². The van der Waals surface area contributed by atoms with E-state index in [1.165, 1.54) is 39.4 Å². The van der Waals surface area contributed by atoms with Crippen molar-refractivity contribution in [3.63, 3.8) is 0 Å². The van der Waals surface area contributed by atoms with Crippen LogP contribution in [0.25, 0.3) is 0 Å². The predicted octanol–water partition coefficient (Wildman–Crippen LogP) is 2.57. The van der Waals surface area contributed by atoms with E-state index in [-0.39, 0.29) is 22.1 Å².